The summed E-state index contributed by atoms with van der Waals surface area (Å²) in [6.45, 7) is 0. The highest BCUT2D eigenvalue weighted by atomic mass is 79.9. The molecule has 0 amide bonds. The molecule has 1 aromatic carbocycles. The van der Waals surface area contributed by atoms with E-state index in [1.54, 1.807) is 12.1 Å². The van der Waals surface area contributed by atoms with E-state index in [1.165, 1.54) is 7.11 Å². The van der Waals surface area contributed by atoms with Gasteiger partial charge in [0.15, 0.2) is 0 Å². The number of halogens is 3. The summed E-state index contributed by atoms with van der Waals surface area (Å²) in [5.41, 5.74) is 0.599. The van der Waals surface area contributed by atoms with Crippen molar-refractivity contribution >= 4 is 38.4 Å². The maximum atomic E-state index is 13.5. The van der Waals surface area contributed by atoms with Crippen LogP contribution in [0.2, 0.25) is 5.02 Å². The Hall–Kier alpha value is -0.870. The highest BCUT2D eigenvalue weighted by molar-refractivity contribution is 9.10. The van der Waals surface area contributed by atoms with Crippen LogP contribution in [-0.2, 0) is 0 Å². The molecule has 0 atom stereocenters. The fourth-order valence-electron chi connectivity index (χ4n) is 1.29. The molecule has 15 heavy (non-hydrogen) atoms. The molecule has 0 aliphatic carbocycles. The third-order valence-corrected chi connectivity index (χ3v) is 2.85. The summed E-state index contributed by atoms with van der Waals surface area (Å²) in [7, 11) is 1.35. The van der Waals surface area contributed by atoms with Gasteiger partial charge in [-0.1, -0.05) is 27.5 Å². The minimum absolute atomic E-state index is 0.0261. The molecule has 1 aromatic heterocycles. The second kappa shape index (κ2) is 3.94. The molecule has 2 aromatic rings. The van der Waals surface area contributed by atoms with E-state index in [0.29, 0.717) is 10.9 Å². The Kier molecular flexibility index (Phi) is 2.80. The molecule has 0 saturated carbocycles. The smallest absolute Gasteiger partial charge is 0.252 e. The largest absolute Gasteiger partial charge is 0.479 e. The number of pyridine rings is 1. The zero-order valence-electron chi connectivity index (χ0n) is 7.72. The predicted octanol–water partition coefficient (Wildman–Crippen LogP) is 3.80. The summed E-state index contributed by atoms with van der Waals surface area (Å²) in [6.07, 6.45) is 0. The van der Waals surface area contributed by atoms with Crippen LogP contribution in [0.4, 0.5) is 4.39 Å². The molecule has 2 rings (SSSR count). The van der Waals surface area contributed by atoms with Crippen molar-refractivity contribution < 1.29 is 9.13 Å². The number of benzene rings is 1. The number of hydrogen-bond acceptors (Lipinski definition) is 2. The highest BCUT2D eigenvalue weighted by Gasteiger charge is 2.13. The van der Waals surface area contributed by atoms with Crippen molar-refractivity contribution in [2.24, 2.45) is 0 Å². The second-order valence-corrected chi connectivity index (χ2v) is 4.20. The number of hydrogen-bond donors (Lipinski definition) is 0. The van der Waals surface area contributed by atoms with Gasteiger partial charge in [0.2, 0.25) is 5.82 Å². The topological polar surface area (TPSA) is 22.1 Å². The molecule has 2 nitrogen and oxygen atoms in total. The van der Waals surface area contributed by atoms with E-state index in [0.717, 1.165) is 4.47 Å². The number of nitrogens with zero attached hydrogens (tertiary/aromatic N) is 1. The van der Waals surface area contributed by atoms with Gasteiger partial charge in [0.1, 0.15) is 0 Å². The Morgan fingerprint density at radius 2 is 2.20 bits per heavy atom. The zero-order valence-corrected chi connectivity index (χ0v) is 10.1. The molecule has 0 bridgehead atoms. The maximum Gasteiger partial charge on any atom is 0.252 e. The Bertz CT molecular complexity index is 532. The van der Waals surface area contributed by atoms with Crippen LogP contribution in [0.25, 0.3) is 10.9 Å². The summed E-state index contributed by atoms with van der Waals surface area (Å²) in [4.78, 5) is 3.99. The van der Waals surface area contributed by atoms with Crippen molar-refractivity contribution in [2.45, 2.75) is 0 Å². The number of ether oxygens (including phenoxy) is 1. The minimum atomic E-state index is -0.634. The first-order chi connectivity index (χ1) is 7.13. The molecule has 78 valence electrons. The number of methoxy groups -OCH3 is 1. The SMILES string of the molecule is COc1nc2ccc(Br)cc2c(Cl)c1F. The van der Waals surface area contributed by atoms with Crippen molar-refractivity contribution in [3.8, 4) is 5.88 Å². The summed E-state index contributed by atoms with van der Waals surface area (Å²) in [5, 5.41) is 0.586. The predicted molar refractivity (Wildman–Crippen MR) is 61.0 cm³/mol. The molecule has 0 unspecified atom stereocenters. The van der Waals surface area contributed by atoms with Gasteiger partial charge in [0.05, 0.1) is 17.6 Å². The molecule has 0 spiro atoms. The van der Waals surface area contributed by atoms with Crippen LogP contribution in [0, 0.1) is 5.82 Å². The third kappa shape index (κ3) is 1.79. The average Bonchev–Trinajstić information content (AvgIpc) is 2.24. The molecule has 5 heteroatoms. The maximum absolute atomic E-state index is 13.5. The van der Waals surface area contributed by atoms with E-state index in [4.69, 9.17) is 16.3 Å². The van der Waals surface area contributed by atoms with Crippen molar-refractivity contribution in [3.63, 3.8) is 0 Å². The summed E-state index contributed by atoms with van der Waals surface area (Å²) in [6, 6.07) is 5.27. The monoisotopic (exact) mass is 289 g/mol. The number of rotatable bonds is 1. The first-order valence-corrected chi connectivity index (χ1v) is 5.29. The molecule has 0 radical (unpaired) electrons. The lowest BCUT2D eigenvalue weighted by molar-refractivity contribution is 0.371. The Morgan fingerprint density at radius 1 is 1.47 bits per heavy atom. The normalized spacial score (nSPS) is 10.7. The standard InChI is InChI=1S/C10H6BrClFNO/c1-15-10-9(13)8(12)6-4-5(11)2-3-7(6)14-10/h2-4H,1H3. The van der Waals surface area contributed by atoms with Crippen LogP contribution in [-0.4, -0.2) is 12.1 Å². The van der Waals surface area contributed by atoms with Crippen LogP contribution >= 0.6 is 27.5 Å². The highest BCUT2D eigenvalue weighted by Crippen LogP contribution is 2.31. The number of aromatic nitrogens is 1. The Balaban J connectivity index is 2.84. The number of fused-ring (bicyclic) bond motifs is 1. The van der Waals surface area contributed by atoms with Gasteiger partial charge in [-0.3, -0.25) is 0 Å². The third-order valence-electron chi connectivity index (χ3n) is 1.99. The van der Waals surface area contributed by atoms with Gasteiger partial charge in [-0.15, -0.1) is 0 Å². The molecule has 0 aliphatic heterocycles. The zero-order chi connectivity index (χ0) is 11.0. The van der Waals surface area contributed by atoms with E-state index in [1.807, 2.05) is 6.07 Å². The van der Waals surface area contributed by atoms with Gasteiger partial charge in [-0.25, -0.2) is 4.98 Å². The van der Waals surface area contributed by atoms with Crippen LogP contribution in [0.5, 0.6) is 5.88 Å². The van der Waals surface area contributed by atoms with Crippen molar-refractivity contribution in [1.82, 2.24) is 4.98 Å². The van der Waals surface area contributed by atoms with Gasteiger partial charge in [-0.2, -0.15) is 4.39 Å². The lowest BCUT2D eigenvalue weighted by Gasteiger charge is -2.06. The van der Waals surface area contributed by atoms with Gasteiger partial charge < -0.3 is 4.74 Å². The first-order valence-electron chi connectivity index (χ1n) is 4.11. The van der Waals surface area contributed by atoms with E-state index in [-0.39, 0.29) is 10.9 Å². The fourth-order valence-corrected chi connectivity index (χ4v) is 1.88. The summed E-state index contributed by atoms with van der Waals surface area (Å²) >= 11 is 9.15. The van der Waals surface area contributed by atoms with Gasteiger partial charge in [0, 0.05) is 9.86 Å². The molecule has 0 fully saturated rings. The van der Waals surface area contributed by atoms with Crippen LogP contribution in [0.15, 0.2) is 22.7 Å². The first kappa shape index (κ1) is 10.6. The van der Waals surface area contributed by atoms with Gasteiger partial charge in [0.25, 0.3) is 5.88 Å². The van der Waals surface area contributed by atoms with Crippen molar-refractivity contribution in [1.29, 1.82) is 0 Å². The minimum Gasteiger partial charge on any atom is -0.479 e. The fraction of sp³-hybridized carbons (Fsp3) is 0.100. The molecule has 0 aliphatic rings. The van der Waals surface area contributed by atoms with Crippen LogP contribution < -0.4 is 4.74 Å². The Labute approximate surface area is 99.1 Å². The lowest BCUT2D eigenvalue weighted by atomic mass is 10.2. The van der Waals surface area contributed by atoms with Crippen LogP contribution in [0.3, 0.4) is 0 Å². The Morgan fingerprint density at radius 3 is 2.87 bits per heavy atom. The van der Waals surface area contributed by atoms with Crippen molar-refractivity contribution in [2.75, 3.05) is 7.11 Å². The second-order valence-electron chi connectivity index (χ2n) is 2.91. The average molecular weight is 291 g/mol. The van der Waals surface area contributed by atoms with Gasteiger partial charge in [-0.05, 0) is 18.2 Å². The van der Waals surface area contributed by atoms with E-state index >= 15 is 0 Å². The van der Waals surface area contributed by atoms with Crippen LogP contribution in [0.1, 0.15) is 0 Å². The van der Waals surface area contributed by atoms with E-state index < -0.39 is 5.82 Å². The van der Waals surface area contributed by atoms with Gasteiger partial charge >= 0.3 is 0 Å². The van der Waals surface area contributed by atoms with E-state index in [9.17, 15) is 4.39 Å². The summed E-state index contributed by atoms with van der Waals surface area (Å²) < 4.78 is 19.1. The molecular formula is C10H6BrClFNO. The quantitative estimate of drug-likeness (QED) is 0.797. The molecule has 1 heterocycles. The van der Waals surface area contributed by atoms with E-state index in [2.05, 4.69) is 20.9 Å². The van der Waals surface area contributed by atoms with Crippen molar-refractivity contribution in [3.05, 3.63) is 33.5 Å². The lowest BCUT2D eigenvalue weighted by Crippen LogP contribution is -1.94. The molecule has 0 N–H and O–H groups in total. The molecular weight excluding hydrogens is 284 g/mol. The summed E-state index contributed by atoms with van der Waals surface area (Å²) in [5.74, 6) is -0.723. The molecule has 0 saturated heterocycles.